The van der Waals surface area contributed by atoms with E-state index in [0.717, 1.165) is 19.5 Å². The van der Waals surface area contributed by atoms with Crippen LogP contribution in [0.2, 0.25) is 0 Å². The number of unbranched alkanes of at least 4 members (excludes halogenated alkanes) is 6. The third-order valence-corrected chi connectivity index (χ3v) is 2.72. The molecule has 0 aromatic heterocycles. The number of rotatable bonds is 9. The van der Waals surface area contributed by atoms with Crippen LogP contribution in [0.15, 0.2) is 0 Å². The molecule has 0 saturated carbocycles. The van der Waals surface area contributed by atoms with Crippen molar-refractivity contribution in [3.8, 4) is 0 Å². The molecule has 0 spiro atoms. The van der Waals surface area contributed by atoms with E-state index in [1.54, 1.807) is 4.90 Å². The zero-order valence-corrected chi connectivity index (χ0v) is 10.3. The van der Waals surface area contributed by atoms with Gasteiger partial charge < -0.3 is 10.6 Å². The van der Waals surface area contributed by atoms with Gasteiger partial charge in [0.15, 0.2) is 0 Å². The van der Waals surface area contributed by atoms with Gasteiger partial charge in [-0.1, -0.05) is 45.4 Å². The van der Waals surface area contributed by atoms with Crippen LogP contribution < -0.4 is 5.73 Å². The highest BCUT2D eigenvalue weighted by atomic mass is 16.2. The van der Waals surface area contributed by atoms with Crippen molar-refractivity contribution in [3.05, 3.63) is 0 Å². The van der Waals surface area contributed by atoms with Gasteiger partial charge in [0.2, 0.25) is 0 Å². The summed E-state index contributed by atoms with van der Waals surface area (Å²) in [7, 11) is 0. The van der Waals surface area contributed by atoms with Crippen molar-refractivity contribution >= 4 is 6.03 Å². The Labute approximate surface area is 94.0 Å². The molecule has 0 heterocycles. The Bertz CT molecular complexity index is 160. The molecular formula is C12H26N2O. The molecule has 0 aliphatic rings. The molecule has 0 atom stereocenters. The lowest BCUT2D eigenvalue weighted by Crippen LogP contribution is -2.36. The average Bonchev–Trinajstić information content (AvgIpc) is 2.21. The molecule has 2 N–H and O–H groups in total. The molecule has 15 heavy (non-hydrogen) atoms. The molecule has 3 nitrogen and oxygen atoms in total. The first kappa shape index (κ1) is 14.3. The van der Waals surface area contributed by atoms with Gasteiger partial charge in [0.1, 0.15) is 0 Å². The van der Waals surface area contributed by atoms with Crippen molar-refractivity contribution in [2.45, 2.75) is 58.8 Å². The quantitative estimate of drug-likeness (QED) is 0.589. The molecule has 0 fully saturated rings. The van der Waals surface area contributed by atoms with E-state index >= 15 is 0 Å². The van der Waals surface area contributed by atoms with E-state index in [1.165, 1.54) is 38.5 Å². The number of nitrogens with two attached hydrogens (primary N) is 1. The van der Waals surface area contributed by atoms with Crippen LogP contribution in [0.1, 0.15) is 58.8 Å². The van der Waals surface area contributed by atoms with E-state index in [9.17, 15) is 4.79 Å². The normalized spacial score (nSPS) is 10.3. The fourth-order valence-electron chi connectivity index (χ4n) is 1.68. The minimum Gasteiger partial charge on any atom is -0.351 e. The Morgan fingerprint density at radius 3 is 2.00 bits per heavy atom. The summed E-state index contributed by atoms with van der Waals surface area (Å²) in [4.78, 5) is 12.6. The first-order valence-corrected chi connectivity index (χ1v) is 6.26. The van der Waals surface area contributed by atoms with Gasteiger partial charge >= 0.3 is 6.03 Å². The minimum atomic E-state index is -0.288. The molecule has 0 aromatic rings. The maximum atomic E-state index is 10.9. The van der Waals surface area contributed by atoms with Crippen LogP contribution in [0, 0.1) is 0 Å². The van der Waals surface area contributed by atoms with Gasteiger partial charge in [-0.3, -0.25) is 0 Å². The molecule has 0 bridgehead atoms. The predicted molar refractivity (Wildman–Crippen MR) is 64.8 cm³/mol. The summed E-state index contributed by atoms with van der Waals surface area (Å²) in [5.41, 5.74) is 5.21. The number of hydrogen-bond acceptors (Lipinski definition) is 1. The van der Waals surface area contributed by atoms with Gasteiger partial charge in [-0.15, -0.1) is 0 Å². The molecule has 0 rings (SSSR count). The van der Waals surface area contributed by atoms with Gasteiger partial charge in [0.25, 0.3) is 0 Å². The lowest BCUT2D eigenvalue weighted by atomic mass is 10.1. The van der Waals surface area contributed by atoms with Crippen molar-refractivity contribution in [1.29, 1.82) is 0 Å². The Morgan fingerprint density at radius 1 is 1.00 bits per heavy atom. The Hall–Kier alpha value is -0.730. The second-order valence-corrected chi connectivity index (χ2v) is 4.04. The summed E-state index contributed by atoms with van der Waals surface area (Å²) in [6.07, 6.45) is 8.92. The maximum Gasteiger partial charge on any atom is 0.314 e. The summed E-state index contributed by atoms with van der Waals surface area (Å²) in [5, 5.41) is 0. The number of hydrogen-bond donors (Lipinski definition) is 1. The highest BCUT2D eigenvalue weighted by Gasteiger charge is 2.04. The molecule has 0 saturated heterocycles. The highest BCUT2D eigenvalue weighted by Crippen LogP contribution is 2.07. The van der Waals surface area contributed by atoms with Gasteiger partial charge in [0, 0.05) is 13.1 Å². The standard InChI is InChI=1S/C12H26N2O/c1-3-5-6-7-8-9-10-11-14(4-2)12(13)15/h3-11H2,1-2H3,(H2,13,15). The molecular weight excluding hydrogens is 188 g/mol. The SMILES string of the molecule is CCCCCCCCCN(CC)C(N)=O. The average molecular weight is 214 g/mol. The molecule has 0 aromatic carbocycles. The van der Waals surface area contributed by atoms with Crippen molar-refractivity contribution in [3.63, 3.8) is 0 Å². The summed E-state index contributed by atoms with van der Waals surface area (Å²) >= 11 is 0. The molecule has 90 valence electrons. The van der Waals surface area contributed by atoms with Crippen molar-refractivity contribution in [2.24, 2.45) is 5.73 Å². The van der Waals surface area contributed by atoms with Crippen molar-refractivity contribution in [1.82, 2.24) is 4.90 Å². The van der Waals surface area contributed by atoms with Crippen LogP contribution in [0.25, 0.3) is 0 Å². The van der Waals surface area contributed by atoms with E-state index in [2.05, 4.69) is 6.92 Å². The first-order chi connectivity index (χ1) is 7.22. The van der Waals surface area contributed by atoms with Crippen LogP contribution >= 0.6 is 0 Å². The van der Waals surface area contributed by atoms with E-state index in [1.807, 2.05) is 6.92 Å². The topological polar surface area (TPSA) is 46.3 Å². The zero-order chi connectivity index (χ0) is 11.5. The molecule has 0 aliphatic carbocycles. The van der Waals surface area contributed by atoms with Crippen LogP contribution in [0.4, 0.5) is 4.79 Å². The van der Waals surface area contributed by atoms with Crippen molar-refractivity contribution < 1.29 is 4.79 Å². The second kappa shape index (κ2) is 9.81. The van der Waals surface area contributed by atoms with E-state index in [4.69, 9.17) is 5.73 Å². The number of primary amides is 1. The molecule has 3 heteroatoms. The largest absolute Gasteiger partial charge is 0.351 e. The summed E-state index contributed by atoms with van der Waals surface area (Å²) in [5.74, 6) is 0. The summed E-state index contributed by atoms with van der Waals surface area (Å²) < 4.78 is 0. The summed E-state index contributed by atoms with van der Waals surface area (Å²) in [6, 6.07) is -0.288. The van der Waals surface area contributed by atoms with Gasteiger partial charge in [-0.2, -0.15) is 0 Å². The smallest absolute Gasteiger partial charge is 0.314 e. The summed E-state index contributed by atoms with van der Waals surface area (Å²) in [6.45, 7) is 5.74. The third-order valence-electron chi connectivity index (χ3n) is 2.72. The lowest BCUT2D eigenvalue weighted by molar-refractivity contribution is 0.209. The van der Waals surface area contributed by atoms with Crippen LogP contribution in [0.3, 0.4) is 0 Å². The maximum absolute atomic E-state index is 10.9. The molecule has 0 radical (unpaired) electrons. The number of amides is 2. The van der Waals surface area contributed by atoms with Gasteiger partial charge in [-0.25, -0.2) is 4.79 Å². The van der Waals surface area contributed by atoms with Crippen molar-refractivity contribution in [2.75, 3.05) is 13.1 Å². The highest BCUT2D eigenvalue weighted by molar-refractivity contribution is 5.71. The Kier molecular flexibility index (Phi) is 9.33. The Balaban J connectivity index is 3.25. The second-order valence-electron chi connectivity index (χ2n) is 4.04. The van der Waals surface area contributed by atoms with Crippen LogP contribution in [0.5, 0.6) is 0 Å². The number of carbonyl (C=O) groups excluding carboxylic acids is 1. The number of carbonyl (C=O) groups is 1. The van der Waals surface area contributed by atoms with E-state index in [-0.39, 0.29) is 6.03 Å². The first-order valence-electron chi connectivity index (χ1n) is 6.26. The fourth-order valence-corrected chi connectivity index (χ4v) is 1.68. The Morgan fingerprint density at radius 2 is 1.53 bits per heavy atom. The monoisotopic (exact) mass is 214 g/mol. The molecule has 2 amide bonds. The molecule has 0 unspecified atom stereocenters. The van der Waals surface area contributed by atoms with E-state index < -0.39 is 0 Å². The third kappa shape index (κ3) is 8.28. The predicted octanol–water partition coefficient (Wildman–Crippen LogP) is 3.14. The molecule has 0 aliphatic heterocycles. The van der Waals surface area contributed by atoms with Crippen LogP contribution in [-0.2, 0) is 0 Å². The minimum absolute atomic E-state index is 0.288. The lowest BCUT2D eigenvalue weighted by Gasteiger charge is -2.17. The fraction of sp³-hybridized carbons (Fsp3) is 0.917. The number of urea groups is 1. The number of nitrogens with zero attached hydrogens (tertiary/aromatic N) is 1. The van der Waals surface area contributed by atoms with Crippen LogP contribution in [-0.4, -0.2) is 24.0 Å². The van der Waals surface area contributed by atoms with Gasteiger partial charge in [0.05, 0.1) is 0 Å². The van der Waals surface area contributed by atoms with E-state index in [0.29, 0.717) is 0 Å². The zero-order valence-electron chi connectivity index (χ0n) is 10.3. The van der Waals surface area contributed by atoms with Gasteiger partial charge in [-0.05, 0) is 13.3 Å².